The highest BCUT2D eigenvalue weighted by atomic mass is 16.5. The Kier molecular flexibility index (Phi) is 4.58. The standard InChI is InChI=1S/C16H19NO3/c1-17(2)16(19)9-10-20-15-8-7-12-5-3-4-6-13(12)14(15)11-18/h3-8,18H,9-11H2,1-2H3. The van der Waals surface area contributed by atoms with Crippen LogP contribution >= 0.6 is 0 Å². The summed E-state index contributed by atoms with van der Waals surface area (Å²) in [6.07, 6.45) is 0.324. The molecule has 0 radical (unpaired) electrons. The molecule has 0 saturated carbocycles. The molecule has 0 fully saturated rings. The fraction of sp³-hybridized carbons (Fsp3) is 0.312. The topological polar surface area (TPSA) is 49.8 Å². The smallest absolute Gasteiger partial charge is 0.225 e. The second-order valence-corrected chi connectivity index (χ2v) is 4.81. The summed E-state index contributed by atoms with van der Waals surface area (Å²) in [4.78, 5) is 13.0. The van der Waals surface area contributed by atoms with Crippen LogP contribution in [0.1, 0.15) is 12.0 Å². The van der Waals surface area contributed by atoms with Gasteiger partial charge in [0.1, 0.15) is 5.75 Å². The van der Waals surface area contributed by atoms with Crippen molar-refractivity contribution < 1.29 is 14.6 Å². The highest BCUT2D eigenvalue weighted by Gasteiger charge is 2.09. The lowest BCUT2D eigenvalue weighted by Gasteiger charge is -2.14. The van der Waals surface area contributed by atoms with E-state index in [9.17, 15) is 9.90 Å². The Morgan fingerprint density at radius 2 is 1.95 bits per heavy atom. The zero-order valence-corrected chi connectivity index (χ0v) is 11.8. The molecule has 2 aromatic carbocycles. The van der Waals surface area contributed by atoms with E-state index in [-0.39, 0.29) is 12.5 Å². The second-order valence-electron chi connectivity index (χ2n) is 4.81. The monoisotopic (exact) mass is 273 g/mol. The van der Waals surface area contributed by atoms with Crippen LogP contribution in [0.25, 0.3) is 10.8 Å². The van der Waals surface area contributed by atoms with Crippen molar-refractivity contribution in [3.05, 3.63) is 42.0 Å². The summed E-state index contributed by atoms with van der Waals surface area (Å²) in [6.45, 7) is 0.223. The Morgan fingerprint density at radius 1 is 1.20 bits per heavy atom. The van der Waals surface area contributed by atoms with E-state index in [4.69, 9.17) is 4.74 Å². The number of rotatable bonds is 5. The predicted molar refractivity (Wildman–Crippen MR) is 78.7 cm³/mol. The average Bonchev–Trinajstić information content (AvgIpc) is 2.46. The first kappa shape index (κ1) is 14.3. The third-order valence-corrected chi connectivity index (χ3v) is 3.23. The summed E-state index contributed by atoms with van der Waals surface area (Å²) >= 11 is 0. The molecule has 1 amide bonds. The fourth-order valence-electron chi connectivity index (χ4n) is 2.09. The molecule has 0 aliphatic carbocycles. The minimum absolute atomic E-state index is 0.0244. The van der Waals surface area contributed by atoms with Crippen LogP contribution in [0.2, 0.25) is 0 Å². The lowest BCUT2D eigenvalue weighted by molar-refractivity contribution is -0.129. The molecule has 0 saturated heterocycles. The van der Waals surface area contributed by atoms with Gasteiger partial charge in [0.25, 0.3) is 0 Å². The highest BCUT2D eigenvalue weighted by molar-refractivity contribution is 5.87. The van der Waals surface area contributed by atoms with Gasteiger partial charge in [0.2, 0.25) is 5.91 Å². The summed E-state index contributed by atoms with van der Waals surface area (Å²) in [5.41, 5.74) is 0.764. The van der Waals surface area contributed by atoms with Crippen molar-refractivity contribution in [2.75, 3.05) is 20.7 Å². The maximum atomic E-state index is 11.5. The number of hydrogen-bond donors (Lipinski definition) is 1. The Bertz CT molecular complexity index is 608. The molecule has 0 aliphatic rings. The van der Waals surface area contributed by atoms with Crippen molar-refractivity contribution in [2.24, 2.45) is 0 Å². The molecular formula is C16H19NO3. The third kappa shape index (κ3) is 3.08. The van der Waals surface area contributed by atoms with Gasteiger partial charge in [-0.15, -0.1) is 0 Å². The minimum atomic E-state index is -0.0850. The number of amides is 1. The van der Waals surface area contributed by atoms with Crippen LogP contribution in [-0.2, 0) is 11.4 Å². The Morgan fingerprint density at radius 3 is 2.65 bits per heavy atom. The lowest BCUT2D eigenvalue weighted by Crippen LogP contribution is -2.23. The van der Waals surface area contributed by atoms with Crippen molar-refractivity contribution in [3.8, 4) is 5.75 Å². The number of aliphatic hydroxyl groups excluding tert-OH is 1. The number of aliphatic hydroxyl groups is 1. The number of carbonyl (C=O) groups excluding carboxylic acids is 1. The van der Waals surface area contributed by atoms with Gasteiger partial charge in [-0.2, -0.15) is 0 Å². The minimum Gasteiger partial charge on any atom is -0.493 e. The van der Waals surface area contributed by atoms with Crippen LogP contribution in [-0.4, -0.2) is 36.6 Å². The van der Waals surface area contributed by atoms with Crippen LogP contribution < -0.4 is 4.74 Å². The number of nitrogens with zero attached hydrogens (tertiary/aromatic N) is 1. The molecule has 2 rings (SSSR count). The maximum Gasteiger partial charge on any atom is 0.225 e. The molecule has 2 aromatic rings. The van der Waals surface area contributed by atoms with Crippen LogP contribution in [0, 0.1) is 0 Å². The molecule has 0 aliphatic heterocycles. The Balaban J connectivity index is 2.16. The highest BCUT2D eigenvalue weighted by Crippen LogP contribution is 2.28. The molecule has 0 unspecified atom stereocenters. The van der Waals surface area contributed by atoms with Crippen LogP contribution in [0.15, 0.2) is 36.4 Å². The number of hydrogen-bond acceptors (Lipinski definition) is 3. The van der Waals surface area contributed by atoms with Gasteiger partial charge < -0.3 is 14.7 Å². The number of benzene rings is 2. The first-order valence-corrected chi connectivity index (χ1v) is 6.58. The second kappa shape index (κ2) is 6.39. The van der Waals surface area contributed by atoms with Gasteiger partial charge in [-0.3, -0.25) is 4.79 Å². The maximum absolute atomic E-state index is 11.5. The predicted octanol–water partition coefficient (Wildman–Crippen LogP) is 2.19. The zero-order valence-electron chi connectivity index (χ0n) is 11.8. The van der Waals surface area contributed by atoms with Gasteiger partial charge >= 0.3 is 0 Å². The Labute approximate surface area is 118 Å². The Hall–Kier alpha value is -2.07. The van der Waals surface area contributed by atoms with Crippen molar-refractivity contribution in [1.29, 1.82) is 0 Å². The normalized spacial score (nSPS) is 10.6. The third-order valence-electron chi connectivity index (χ3n) is 3.23. The number of fused-ring (bicyclic) bond motifs is 1. The summed E-state index contributed by atoms with van der Waals surface area (Å²) in [5.74, 6) is 0.661. The van der Waals surface area contributed by atoms with Gasteiger partial charge in [-0.05, 0) is 16.8 Å². The summed E-state index contributed by atoms with van der Waals surface area (Å²) in [7, 11) is 3.44. The van der Waals surface area contributed by atoms with Gasteiger partial charge in [0, 0.05) is 19.7 Å². The van der Waals surface area contributed by atoms with Crippen molar-refractivity contribution >= 4 is 16.7 Å². The van der Waals surface area contributed by atoms with E-state index in [1.54, 1.807) is 14.1 Å². The molecule has 4 heteroatoms. The van der Waals surface area contributed by atoms with Gasteiger partial charge in [0.15, 0.2) is 0 Å². The molecule has 0 bridgehead atoms. The molecular weight excluding hydrogens is 254 g/mol. The van der Waals surface area contributed by atoms with E-state index < -0.39 is 0 Å². The summed E-state index contributed by atoms with van der Waals surface area (Å²) in [6, 6.07) is 11.6. The molecule has 0 heterocycles. The fourth-order valence-corrected chi connectivity index (χ4v) is 2.09. The lowest BCUT2D eigenvalue weighted by atomic mass is 10.0. The average molecular weight is 273 g/mol. The van der Waals surface area contributed by atoms with E-state index in [1.165, 1.54) is 4.90 Å². The molecule has 0 aromatic heterocycles. The quantitative estimate of drug-likeness (QED) is 0.908. The SMILES string of the molecule is CN(C)C(=O)CCOc1ccc2ccccc2c1CO. The number of ether oxygens (including phenoxy) is 1. The van der Waals surface area contributed by atoms with E-state index in [0.717, 1.165) is 16.3 Å². The van der Waals surface area contributed by atoms with Gasteiger partial charge in [-0.1, -0.05) is 30.3 Å². The van der Waals surface area contributed by atoms with Gasteiger partial charge in [0.05, 0.1) is 19.6 Å². The largest absolute Gasteiger partial charge is 0.493 e. The van der Waals surface area contributed by atoms with E-state index in [1.807, 2.05) is 36.4 Å². The van der Waals surface area contributed by atoms with Gasteiger partial charge in [-0.25, -0.2) is 0 Å². The first-order chi connectivity index (χ1) is 9.63. The van der Waals surface area contributed by atoms with Crippen molar-refractivity contribution in [1.82, 2.24) is 4.90 Å². The molecule has 0 atom stereocenters. The van der Waals surface area contributed by atoms with Crippen molar-refractivity contribution in [2.45, 2.75) is 13.0 Å². The molecule has 4 nitrogen and oxygen atoms in total. The van der Waals surface area contributed by atoms with E-state index in [0.29, 0.717) is 18.8 Å². The van der Waals surface area contributed by atoms with Crippen LogP contribution in [0.5, 0.6) is 5.75 Å². The first-order valence-electron chi connectivity index (χ1n) is 6.58. The molecule has 0 spiro atoms. The molecule has 20 heavy (non-hydrogen) atoms. The van der Waals surface area contributed by atoms with E-state index in [2.05, 4.69) is 0 Å². The van der Waals surface area contributed by atoms with Crippen molar-refractivity contribution in [3.63, 3.8) is 0 Å². The summed E-state index contributed by atoms with van der Waals surface area (Å²) < 4.78 is 5.65. The van der Waals surface area contributed by atoms with Crippen LogP contribution in [0.4, 0.5) is 0 Å². The van der Waals surface area contributed by atoms with Crippen LogP contribution in [0.3, 0.4) is 0 Å². The molecule has 1 N–H and O–H groups in total. The van der Waals surface area contributed by atoms with E-state index >= 15 is 0 Å². The zero-order chi connectivity index (χ0) is 14.5. The molecule has 106 valence electrons. The number of carbonyl (C=O) groups is 1. The summed E-state index contributed by atoms with van der Waals surface area (Å²) in [5, 5.41) is 11.6.